The summed E-state index contributed by atoms with van der Waals surface area (Å²) in [7, 11) is 5.54. The molecule has 0 atom stereocenters. The average molecular weight is 375 g/mol. The first kappa shape index (κ1) is 22.7. The van der Waals surface area contributed by atoms with Crippen molar-refractivity contribution >= 4 is 28.8 Å². The van der Waals surface area contributed by atoms with Gasteiger partial charge in [0.1, 0.15) is 24.1 Å². The van der Waals surface area contributed by atoms with E-state index in [0.29, 0.717) is 16.2 Å². The van der Waals surface area contributed by atoms with Crippen LogP contribution in [0.3, 0.4) is 0 Å². The lowest BCUT2D eigenvalue weighted by molar-refractivity contribution is -0.250. The highest BCUT2D eigenvalue weighted by atomic mass is 79.9. The minimum Gasteiger partial charge on any atom is -0.530 e. The Hall–Kier alpha value is -1.53. The van der Waals surface area contributed by atoms with Gasteiger partial charge in [-0.25, -0.2) is 0 Å². The van der Waals surface area contributed by atoms with Crippen molar-refractivity contribution in [2.75, 3.05) is 27.7 Å². The molecular weight excluding hydrogens is 348 g/mol. The minimum atomic E-state index is -1.25. The number of amides is 1. The zero-order valence-corrected chi connectivity index (χ0v) is 15.6. The maximum atomic E-state index is 9.62. The van der Waals surface area contributed by atoms with Crippen molar-refractivity contribution in [1.82, 2.24) is 9.80 Å². The lowest BCUT2D eigenvalue weighted by Gasteiger charge is -2.31. The number of nitrogens with one attached hydrogen (secondary N) is 1. The lowest BCUT2D eigenvalue weighted by Crippen LogP contribution is -2.41. The number of aromatic hydroxyl groups is 1. The van der Waals surface area contributed by atoms with Crippen molar-refractivity contribution in [3.63, 3.8) is 0 Å². The molecule has 0 aliphatic rings. The molecule has 1 amide bonds. The number of phenols is 1. The highest BCUT2D eigenvalue weighted by Crippen LogP contribution is 2.33. The van der Waals surface area contributed by atoms with Crippen LogP contribution < -0.4 is 14.9 Å². The molecule has 6 heteroatoms. The number of likely N-dealkylation sites (N-methyl/N-ethyl adjacent to an activating group) is 1. The second-order valence-electron chi connectivity index (χ2n) is 5.59. The van der Waals surface area contributed by atoms with Gasteiger partial charge in [-0.1, -0.05) is 20.4 Å². The first-order valence-electron chi connectivity index (χ1n) is 6.81. The summed E-state index contributed by atoms with van der Waals surface area (Å²) < 4.78 is 0.714. The van der Waals surface area contributed by atoms with E-state index in [1.54, 1.807) is 6.07 Å². The zero-order chi connectivity index (χ0) is 16.6. The summed E-state index contributed by atoms with van der Waals surface area (Å²) in [6.07, 6.45) is 0.665. The van der Waals surface area contributed by atoms with Crippen LogP contribution in [-0.2, 0) is 0 Å². The maximum absolute atomic E-state index is 9.62. The van der Waals surface area contributed by atoms with Gasteiger partial charge in [-0.2, -0.15) is 0 Å². The number of rotatable bonds is 4. The third-order valence-electron chi connectivity index (χ3n) is 3.08. The number of hydrogen-bond acceptors (Lipinski definition) is 3. The van der Waals surface area contributed by atoms with E-state index in [1.165, 1.54) is 12.6 Å². The van der Waals surface area contributed by atoms with Crippen LogP contribution in [0.5, 0.6) is 5.75 Å². The minimum absolute atomic E-state index is 0. The number of carbonyl (C=O) groups is 1. The van der Waals surface area contributed by atoms with Gasteiger partial charge in [0.05, 0.1) is 14.1 Å². The molecule has 0 aliphatic carbocycles. The van der Waals surface area contributed by atoms with Crippen LogP contribution in [0.4, 0.5) is 10.5 Å². The normalized spacial score (nSPS) is 10.1. The molecule has 1 rings (SSSR count). The third kappa shape index (κ3) is 7.47. The molecule has 1 aromatic rings. The van der Waals surface area contributed by atoms with Crippen molar-refractivity contribution in [3.05, 3.63) is 36.4 Å². The topological polar surface area (TPSA) is 72.4 Å². The van der Waals surface area contributed by atoms with Crippen LogP contribution in [-0.4, -0.2) is 38.9 Å². The standard InChI is InChI=1S/C14H21NO.C2H5NO2.BrH/c1-6-9-15(4,5)14-10-12(16)7-8-13(14)11(2)3;1-3-2(4)5;/h6-8,10-11H,1,9H2,2-5H3;3H,1H3,(H,4,5);1H. The van der Waals surface area contributed by atoms with Gasteiger partial charge < -0.3 is 20.3 Å². The number of carboxylic acid groups (broad SMARTS) is 1. The fourth-order valence-electron chi connectivity index (χ4n) is 1.97. The smallest absolute Gasteiger partial charge is 0.139 e. The summed E-state index contributed by atoms with van der Waals surface area (Å²) in [5.41, 5.74) is 2.44. The molecule has 2 N–H and O–H groups in total. The van der Waals surface area contributed by atoms with Crippen molar-refractivity contribution in [2.45, 2.75) is 19.8 Å². The first-order chi connectivity index (χ1) is 9.65. The van der Waals surface area contributed by atoms with Crippen LogP contribution in [0.1, 0.15) is 25.3 Å². The Morgan fingerprint density at radius 3 is 2.32 bits per heavy atom. The van der Waals surface area contributed by atoms with Gasteiger partial charge in [0.15, 0.2) is 0 Å². The number of nitrogens with zero attached hydrogens (tertiary/aromatic N) is 1. The van der Waals surface area contributed by atoms with E-state index in [0.717, 1.165) is 12.2 Å². The first-order valence-corrected chi connectivity index (χ1v) is 6.81. The number of halogens is 1. The number of quaternary nitrogens is 1. The Kier molecular flexibility index (Phi) is 10.6. The zero-order valence-electron chi connectivity index (χ0n) is 13.9. The highest BCUT2D eigenvalue weighted by molar-refractivity contribution is 8.93. The van der Waals surface area contributed by atoms with E-state index in [9.17, 15) is 5.11 Å². The van der Waals surface area contributed by atoms with Gasteiger partial charge in [-0.3, -0.25) is 4.48 Å². The molecule has 0 aliphatic heterocycles. The largest absolute Gasteiger partial charge is 0.530 e. The molecule has 0 bridgehead atoms. The summed E-state index contributed by atoms with van der Waals surface area (Å²) >= 11 is 0. The lowest BCUT2D eigenvalue weighted by atomic mass is 9.99. The van der Waals surface area contributed by atoms with Crippen LogP contribution >= 0.6 is 17.0 Å². The quantitative estimate of drug-likeness (QED) is 0.627. The van der Waals surface area contributed by atoms with E-state index in [4.69, 9.17) is 9.90 Å². The molecule has 5 nitrogen and oxygen atoms in total. The molecule has 0 saturated heterocycles. The van der Waals surface area contributed by atoms with Crippen LogP contribution in [0.2, 0.25) is 0 Å². The molecular formula is C16H27BrN2O3. The summed E-state index contributed by atoms with van der Waals surface area (Å²) in [5, 5.41) is 20.6. The molecule has 0 aromatic heterocycles. The van der Waals surface area contributed by atoms with E-state index in [1.807, 2.05) is 23.5 Å². The van der Waals surface area contributed by atoms with Crippen molar-refractivity contribution in [3.8, 4) is 5.75 Å². The molecule has 0 saturated carbocycles. The monoisotopic (exact) mass is 374 g/mol. The van der Waals surface area contributed by atoms with Crippen LogP contribution in [0.25, 0.3) is 0 Å². The summed E-state index contributed by atoms with van der Waals surface area (Å²) in [5.74, 6) is 0.785. The van der Waals surface area contributed by atoms with Gasteiger partial charge >= 0.3 is 0 Å². The van der Waals surface area contributed by atoms with E-state index >= 15 is 0 Å². The van der Waals surface area contributed by atoms with Gasteiger partial charge in [-0.15, -0.1) is 17.0 Å². The Morgan fingerprint density at radius 1 is 1.45 bits per heavy atom. The predicted molar refractivity (Wildman–Crippen MR) is 95.7 cm³/mol. The predicted octanol–water partition coefficient (Wildman–Crippen LogP) is 2.40. The Bertz CT molecular complexity index is 488. The molecule has 0 heterocycles. The van der Waals surface area contributed by atoms with Crippen molar-refractivity contribution in [2.24, 2.45) is 0 Å². The molecule has 0 unspecified atom stereocenters. The second kappa shape index (κ2) is 10.2. The molecule has 1 aromatic carbocycles. The van der Waals surface area contributed by atoms with Gasteiger partial charge in [0, 0.05) is 18.7 Å². The Balaban J connectivity index is 0. The number of benzene rings is 1. The summed E-state index contributed by atoms with van der Waals surface area (Å²) in [6, 6.07) is 5.63. The van der Waals surface area contributed by atoms with Gasteiger partial charge in [0.25, 0.3) is 0 Å². The van der Waals surface area contributed by atoms with Crippen molar-refractivity contribution < 1.29 is 15.0 Å². The van der Waals surface area contributed by atoms with E-state index < -0.39 is 6.09 Å². The van der Waals surface area contributed by atoms with Gasteiger partial charge in [-0.05, 0) is 24.1 Å². The Morgan fingerprint density at radius 2 is 1.95 bits per heavy atom. The van der Waals surface area contributed by atoms with Crippen LogP contribution in [0.15, 0.2) is 30.9 Å². The van der Waals surface area contributed by atoms with E-state index in [-0.39, 0.29) is 17.0 Å². The number of phenolic OH excluding ortho intramolecular Hbond substituents is 1. The highest BCUT2D eigenvalue weighted by Gasteiger charge is 2.23. The molecule has 0 fully saturated rings. The van der Waals surface area contributed by atoms with Gasteiger partial charge in [0.2, 0.25) is 0 Å². The van der Waals surface area contributed by atoms with E-state index in [2.05, 4.69) is 34.5 Å². The average Bonchev–Trinajstić information content (AvgIpc) is 2.38. The SMILES string of the molecule is Br.C=CC[N+](C)(C)c1cc(O)ccc1C(C)C.CNC(=O)[O-]. The van der Waals surface area contributed by atoms with Crippen LogP contribution in [0, 0.1) is 0 Å². The number of hydrogen-bond donors (Lipinski definition) is 2. The third-order valence-corrected chi connectivity index (χ3v) is 3.08. The fraction of sp³-hybridized carbons (Fsp3) is 0.438. The molecule has 0 spiro atoms. The molecule has 0 radical (unpaired) electrons. The fourth-order valence-corrected chi connectivity index (χ4v) is 1.97. The number of carbonyl (C=O) groups excluding carboxylic acids is 1. The molecule has 22 heavy (non-hydrogen) atoms. The molecule has 126 valence electrons. The van der Waals surface area contributed by atoms with Crippen molar-refractivity contribution in [1.29, 1.82) is 0 Å². The maximum Gasteiger partial charge on any atom is 0.139 e. The second-order valence-corrected chi connectivity index (χ2v) is 5.59. The Labute approximate surface area is 143 Å². The summed E-state index contributed by atoms with van der Waals surface area (Å²) in [4.78, 5) is 9.15. The summed E-state index contributed by atoms with van der Waals surface area (Å²) in [6.45, 7) is 8.98.